The van der Waals surface area contributed by atoms with Crippen LogP contribution in [-0.4, -0.2) is 17.8 Å². The number of hydrogen-bond acceptors (Lipinski definition) is 5. The maximum Gasteiger partial charge on any atom is 0.252 e. The van der Waals surface area contributed by atoms with E-state index in [1.54, 1.807) is 12.1 Å². The van der Waals surface area contributed by atoms with Crippen molar-refractivity contribution in [2.24, 2.45) is 5.73 Å². The second-order valence-electron chi connectivity index (χ2n) is 7.15. The van der Waals surface area contributed by atoms with Crippen molar-refractivity contribution in [2.45, 2.75) is 26.0 Å². The minimum absolute atomic E-state index is 0.133. The second-order valence-corrected chi connectivity index (χ2v) is 8.39. The normalized spacial score (nSPS) is 11.6. The molecule has 0 spiro atoms. The van der Waals surface area contributed by atoms with E-state index in [1.165, 1.54) is 17.5 Å². The molecule has 0 radical (unpaired) electrons. The van der Waals surface area contributed by atoms with Gasteiger partial charge in [-0.05, 0) is 69.1 Å². The number of nitrogens with two attached hydrogens (primary N) is 1. The smallest absolute Gasteiger partial charge is 0.252 e. The zero-order valence-corrected chi connectivity index (χ0v) is 18.2. The van der Waals surface area contributed by atoms with Crippen molar-refractivity contribution < 1.29 is 14.3 Å². The molecule has 3 aromatic rings. The van der Waals surface area contributed by atoms with Crippen LogP contribution in [0.5, 0.6) is 17.2 Å². The van der Waals surface area contributed by atoms with Gasteiger partial charge in [-0.25, -0.2) is 0 Å². The Morgan fingerprint density at radius 2 is 1.73 bits per heavy atom. The van der Waals surface area contributed by atoms with Crippen LogP contribution in [0.1, 0.15) is 28.4 Å². The quantitative estimate of drug-likeness (QED) is 0.431. The molecular weight excluding hydrogens is 396 g/mol. The van der Waals surface area contributed by atoms with Gasteiger partial charge in [0.2, 0.25) is 0 Å². The predicted octanol–water partition coefficient (Wildman–Crippen LogP) is 5.72. The SMILES string of the molecule is Cc1ccc(Oc2cccc(NSC(C)COc3ccc(C)cc3C(N)=O)c2)cc1. The molecule has 0 fully saturated rings. The third kappa shape index (κ3) is 6.19. The minimum atomic E-state index is -0.488. The number of ether oxygens (including phenoxy) is 2. The number of aryl methyl sites for hydroxylation is 2. The molecule has 0 aliphatic rings. The van der Waals surface area contributed by atoms with Gasteiger partial charge in [-0.3, -0.25) is 4.79 Å². The number of carbonyl (C=O) groups is 1. The van der Waals surface area contributed by atoms with Gasteiger partial charge in [-0.2, -0.15) is 0 Å². The van der Waals surface area contributed by atoms with Crippen molar-refractivity contribution in [3.8, 4) is 17.2 Å². The lowest BCUT2D eigenvalue weighted by molar-refractivity contribution is 0.0996. The van der Waals surface area contributed by atoms with E-state index in [0.717, 1.165) is 22.7 Å². The Hall–Kier alpha value is -3.12. The topological polar surface area (TPSA) is 73.6 Å². The summed E-state index contributed by atoms with van der Waals surface area (Å²) in [7, 11) is 0. The lowest BCUT2D eigenvalue weighted by atomic mass is 10.1. The fraction of sp³-hybridized carbons (Fsp3) is 0.208. The second kappa shape index (κ2) is 10.1. The van der Waals surface area contributed by atoms with Crippen molar-refractivity contribution in [3.05, 3.63) is 83.4 Å². The first kappa shape index (κ1) is 21.6. The number of amides is 1. The molecule has 0 aliphatic carbocycles. The third-order valence-corrected chi connectivity index (χ3v) is 5.23. The average molecular weight is 423 g/mol. The highest BCUT2D eigenvalue weighted by molar-refractivity contribution is 8.01. The average Bonchev–Trinajstić information content (AvgIpc) is 2.73. The van der Waals surface area contributed by atoms with Gasteiger partial charge in [0.15, 0.2) is 0 Å². The van der Waals surface area contributed by atoms with Gasteiger partial charge >= 0.3 is 0 Å². The number of benzene rings is 3. The standard InChI is InChI=1S/C24H26N2O3S/c1-16-7-10-20(11-8-16)29-21-6-4-5-19(14-21)26-30-18(3)15-28-23-12-9-17(2)13-22(23)24(25)27/h4-14,18,26H,15H2,1-3H3,(H2,25,27). The maximum atomic E-state index is 11.6. The molecule has 3 rings (SSSR count). The van der Waals surface area contributed by atoms with E-state index < -0.39 is 5.91 Å². The summed E-state index contributed by atoms with van der Waals surface area (Å²) < 4.78 is 15.1. The van der Waals surface area contributed by atoms with E-state index in [0.29, 0.717) is 17.9 Å². The number of primary amides is 1. The van der Waals surface area contributed by atoms with Crippen LogP contribution in [0, 0.1) is 13.8 Å². The third-order valence-electron chi connectivity index (χ3n) is 4.34. The van der Waals surface area contributed by atoms with Crippen LogP contribution in [0.25, 0.3) is 0 Å². The van der Waals surface area contributed by atoms with Crippen LogP contribution in [0.2, 0.25) is 0 Å². The summed E-state index contributed by atoms with van der Waals surface area (Å²) in [6.07, 6.45) is 0. The molecule has 0 bridgehead atoms. The molecule has 30 heavy (non-hydrogen) atoms. The van der Waals surface area contributed by atoms with Gasteiger partial charge in [0, 0.05) is 11.8 Å². The van der Waals surface area contributed by atoms with E-state index in [4.69, 9.17) is 15.2 Å². The zero-order chi connectivity index (χ0) is 21.5. The highest BCUT2D eigenvalue weighted by Gasteiger charge is 2.12. The lowest BCUT2D eigenvalue weighted by Gasteiger charge is -2.16. The van der Waals surface area contributed by atoms with Gasteiger partial charge in [-0.15, -0.1) is 0 Å². The van der Waals surface area contributed by atoms with Gasteiger partial charge in [-0.1, -0.05) is 35.4 Å². The summed E-state index contributed by atoms with van der Waals surface area (Å²) in [4.78, 5) is 11.6. The van der Waals surface area contributed by atoms with Gasteiger partial charge in [0.25, 0.3) is 5.91 Å². The number of rotatable bonds is 9. The Labute approximate surface area is 181 Å². The van der Waals surface area contributed by atoms with Crippen LogP contribution >= 0.6 is 11.9 Å². The van der Waals surface area contributed by atoms with Crippen molar-refractivity contribution >= 4 is 23.5 Å². The largest absolute Gasteiger partial charge is 0.492 e. The molecule has 1 unspecified atom stereocenters. The van der Waals surface area contributed by atoms with Crippen LogP contribution in [-0.2, 0) is 0 Å². The summed E-state index contributed by atoms with van der Waals surface area (Å²) in [6, 6.07) is 21.2. The Kier molecular flexibility index (Phi) is 7.25. The Morgan fingerprint density at radius 3 is 2.47 bits per heavy atom. The summed E-state index contributed by atoms with van der Waals surface area (Å²) in [5, 5.41) is 0.133. The molecule has 3 N–H and O–H groups in total. The van der Waals surface area contributed by atoms with Crippen molar-refractivity contribution in [1.82, 2.24) is 0 Å². The zero-order valence-electron chi connectivity index (χ0n) is 17.3. The van der Waals surface area contributed by atoms with Crippen molar-refractivity contribution in [2.75, 3.05) is 11.3 Å². The molecule has 0 saturated heterocycles. The lowest BCUT2D eigenvalue weighted by Crippen LogP contribution is -2.17. The van der Waals surface area contributed by atoms with Crippen LogP contribution < -0.4 is 19.9 Å². The number of nitrogens with one attached hydrogen (secondary N) is 1. The van der Waals surface area contributed by atoms with E-state index in [2.05, 4.69) is 4.72 Å². The van der Waals surface area contributed by atoms with Crippen molar-refractivity contribution in [1.29, 1.82) is 0 Å². The molecule has 0 aromatic heterocycles. The summed E-state index contributed by atoms with van der Waals surface area (Å²) >= 11 is 1.54. The van der Waals surface area contributed by atoms with E-state index in [1.807, 2.05) is 75.4 Å². The molecule has 3 aromatic carbocycles. The number of anilines is 1. The van der Waals surface area contributed by atoms with Crippen LogP contribution in [0.15, 0.2) is 66.7 Å². The molecule has 156 valence electrons. The molecule has 0 aliphatic heterocycles. The van der Waals surface area contributed by atoms with Gasteiger partial charge in [0.1, 0.15) is 23.9 Å². The molecule has 0 saturated carbocycles. The Morgan fingerprint density at radius 1 is 1.00 bits per heavy atom. The van der Waals surface area contributed by atoms with Gasteiger partial charge < -0.3 is 19.9 Å². The molecule has 6 heteroatoms. The highest BCUT2D eigenvalue weighted by Crippen LogP contribution is 2.27. The highest BCUT2D eigenvalue weighted by atomic mass is 32.2. The first-order valence-corrected chi connectivity index (χ1v) is 10.6. The maximum absolute atomic E-state index is 11.6. The van der Waals surface area contributed by atoms with E-state index in [9.17, 15) is 4.79 Å². The first-order chi connectivity index (χ1) is 14.4. The monoisotopic (exact) mass is 422 g/mol. The number of hydrogen-bond donors (Lipinski definition) is 2. The van der Waals surface area contributed by atoms with Crippen LogP contribution in [0.4, 0.5) is 5.69 Å². The number of carbonyl (C=O) groups excluding carboxylic acids is 1. The minimum Gasteiger partial charge on any atom is -0.492 e. The molecule has 0 heterocycles. The van der Waals surface area contributed by atoms with E-state index >= 15 is 0 Å². The van der Waals surface area contributed by atoms with Gasteiger partial charge in [0.05, 0.1) is 10.8 Å². The molecule has 1 atom stereocenters. The van der Waals surface area contributed by atoms with Crippen molar-refractivity contribution in [3.63, 3.8) is 0 Å². The predicted molar refractivity (Wildman–Crippen MR) is 124 cm³/mol. The Bertz CT molecular complexity index is 1010. The molecule has 1 amide bonds. The van der Waals surface area contributed by atoms with E-state index in [-0.39, 0.29) is 5.25 Å². The summed E-state index contributed by atoms with van der Waals surface area (Å²) in [5.74, 6) is 1.58. The summed E-state index contributed by atoms with van der Waals surface area (Å²) in [6.45, 7) is 6.43. The molecule has 5 nitrogen and oxygen atoms in total. The Balaban J connectivity index is 1.53. The van der Waals surface area contributed by atoms with Crippen LogP contribution in [0.3, 0.4) is 0 Å². The summed E-state index contributed by atoms with van der Waals surface area (Å²) in [5.41, 5.74) is 8.95. The first-order valence-electron chi connectivity index (χ1n) is 9.70. The fourth-order valence-electron chi connectivity index (χ4n) is 2.74. The molecular formula is C24H26N2O3S. The fourth-order valence-corrected chi connectivity index (χ4v) is 3.34.